The van der Waals surface area contributed by atoms with Gasteiger partial charge in [0, 0.05) is 19.1 Å². The van der Waals surface area contributed by atoms with Gasteiger partial charge in [-0.3, -0.25) is 4.90 Å². The second kappa shape index (κ2) is 3.99. The van der Waals surface area contributed by atoms with Crippen molar-refractivity contribution in [3.63, 3.8) is 0 Å². The van der Waals surface area contributed by atoms with Gasteiger partial charge in [-0.2, -0.15) is 11.8 Å². The van der Waals surface area contributed by atoms with Gasteiger partial charge in [0.1, 0.15) is 0 Å². The van der Waals surface area contributed by atoms with Crippen molar-refractivity contribution in [2.45, 2.75) is 31.4 Å². The summed E-state index contributed by atoms with van der Waals surface area (Å²) in [6.45, 7) is 2.05. The molecule has 0 bridgehead atoms. The van der Waals surface area contributed by atoms with Gasteiger partial charge in [0.25, 0.3) is 0 Å². The lowest BCUT2D eigenvalue weighted by atomic mass is 10.1. The van der Waals surface area contributed by atoms with E-state index in [0.29, 0.717) is 0 Å². The van der Waals surface area contributed by atoms with Crippen molar-refractivity contribution in [2.24, 2.45) is 0 Å². The van der Waals surface area contributed by atoms with E-state index in [1.165, 1.54) is 24.3 Å². The number of likely N-dealkylation sites (tertiary alicyclic amines) is 1. The number of β-amino-alcohol motifs (C(OH)–C–C–N with tert-alkyl or cyclic N) is 1. The molecule has 0 aromatic carbocycles. The molecule has 0 aromatic heterocycles. The molecule has 3 heteroatoms. The summed E-state index contributed by atoms with van der Waals surface area (Å²) in [7, 11) is 0. The van der Waals surface area contributed by atoms with Gasteiger partial charge in [-0.05, 0) is 30.8 Å². The highest BCUT2D eigenvalue weighted by molar-refractivity contribution is 7.99. The van der Waals surface area contributed by atoms with Gasteiger partial charge >= 0.3 is 0 Å². The molecule has 2 nitrogen and oxygen atoms in total. The Balaban J connectivity index is 1.83. The average molecular weight is 187 g/mol. The smallest absolute Gasteiger partial charge is 0.0679 e. The Labute approximate surface area is 78.3 Å². The second-order valence-electron chi connectivity index (χ2n) is 3.78. The van der Waals surface area contributed by atoms with Crippen LogP contribution in [0.15, 0.2) is 0 Å². The molecule has 2 heterocycles. The number of hydrogen-bond donors (Lipinski definition) is 1. The number of thioether (sulfide) groups is 1. The van der Waals surface area contributed by atoms with E-state index in [1.807, 2.05) is 0 Å². The maximum absolute atomic E-state index is 9.38. The first-order valence-corrected chi connectivity index (χ1v) is 6.01. The highest BCUT2D eigenvalue weighted by atomic mass is 32.2. The predicted molar refractivity (Wildman–Crippen MR) is 52.5 cm³/mol. The minimum atomic E-state index is -0.0421. The van der Waals surface area contributed by atoms with Crippen molar-refractivity contribution in [2.75, 3.05) is 24.6 Å². The maximum Gasteiger partial charge on any atom is 0.0679 e. The van der Waals surface area contributed by atoms with Crippen molar-refractivity contribution >= 4 is 11.8 Å². The van der Waals surface area contributed by atoms with E-state index in [4.69, 9.17) is 0 Å². The monoisotopic (exact) mass is 187 g/mol. The lowest BCUT2D eigenvalue weighted by Crippen LogP contribution is -2.36. The summed E-state index contributed by atoms with van der Waals surface area (Å²) in [5.41, 5.74) is 0. The number of aliphatic hydroxyl groups is 1. The molecule has 70 valence electrons. The normalized spacial score (nSPS) is 34.2. The lowest BCUT2D eigenvalue weighted by Gasteiger charge is -2.30. The third-order valence-corrected chi connectivity index (χ3v) is 3.95. The van der Waals surface area contributed by atoms with Crippen LogP contribution in [0.1, 0.15) is 19.3 Å². The lowest BCUT2D eigenvalue weighted by molar-refractivity contribution is 0.155. The molecule has 1 atom stereocenters. The summed E-state index contributed by atoms with van der Waals surface area (Å²) in [5.74, 6) is 2.63. The number of hydrogen-bond acceptors (Lipinski definition) is 3. The average Bonchev–Trinajstić information content (AvgIpc) is 2.54. The molecule has 2 aliphatic heterocycles. The van der Waals surface area contributed by atoms with Crippen LogP contribution in [0.25, 0.3) is 0 Å². The minimum absolute atomic E-state index is 0.0421. The zero-order valence-corrected chi connectivity index (χ0v) is 8.22. The number of aliphatic hydroxyl groups excluding tert-OH is 1. The van der Waals surface area contributed by atoms with Crippen LogP contribution in [0.3, 0.4) is 0 Å². The molecule has 0 aromatic rings. The van der Waals surface area contributed by atoms with Crippen LogP contribution in [-0.2, 0) is 0 Å². The number of nitrogens with zero attached hydrogens (tertiary/aromatic N) is 1. The Bertz CT molecular complexity index is 145. The van der Waals surface area contributed by atoms with E-state index < -0.39 is 0 Å². The maximum atomic E-state index is 9.38. The van der Waals surface area contributed by atoms with Crippen LogP contribution in [0, 0.1) is 0 Å². The summed E-state index contributed by atoms with van der Waals surface area (Å²) < 4.78 is 0. The third-order valence-electron chi connectivity index (χ3n) is 2.90. The summed E-state index contributed by atoms with van der Waals surface area (Å²) in [4.78, 5) is 2.48. The largest absolute Gasteiger partial charge is 0.392 e. The first kappa shape index (κ1) is 8.85. The van der Waals surface area contributed by atoms with Crippen molar-refractivity contribution in [1.82, 2.24) is 4.90 Å². The summed E-state index contributed by atoms with van der Waals surface area (Å²) in [5, 5.41) is 9.38. The fourth-order valence-electron chi connectivity index (χ4n) is 2.15. The quantitative estimate of drug-likeness (QED) is 0.661. The van der Waals surface area contributed by atoms with E-state index >= 15 is 0 Å². The Hall–Kier alpha value is 0.270. The van der Waals surface area contributed by atoms with Crippen LogP contribution in [0.4, 0.5) is 0 Å². The van der Waals surface area contributed by atoms with Crippen LogP contribution in [0.5, 0.6) is 0 Å². The molecule has 2 rings (SSSR count). The third kappa shape index (κ3) is 1.95. The topological polar surface area (TPSA) is 23.5 Å². The fourth-order valence-corrected chi connectivity index (χ4v) is 3.23. The van der Waals surface area contributed by atoms with E-state index in [-0.39, 0.29) is 6.10 Å². The standard InChI is InChI=1S/C9H17NOS/c11-9-1-4-10(7-9)8-2-5-12-6-3-8/h8-9,11H,1-7H2. The van der Waals surface area contributed by atoms with Gasteiger partial charge in [0.05, 0.1) is 6.10 Å². The Morgan fingerprint density at radius 2 is 1.92 bits per heavy atom. The van der Waals surface area contributed by atoms with E-state index in [1.54, 1.807) is 0 Å². The van der Waals surface area contributed by atoms with Crippen LogP contribution < -0.4 is 0 Å². The van der Waals surface area contributed by atoms with E-state index in [0.717, 1.165) is 25.6 Å². The van der Waals surface area contributed by atoms with Crippen LogP contribution in [-0.4, -0.2) is 46.7 Å². The molecule has 2 saturated heterocycles. The van der Waals surface area contributed by atoms with Gasteiger partial charge < -0.3 is 5.11 Å². The molecule has 0 spiro atoms. The van der Waals surface area contributed by atoms with Gasteiger partial charge in [0.15, 0.2) is 0 Å². The van der Waals surface area contributed by atoms with Gasteiger partial charge in [-0.25, -0.2) is 0 Å². The second-order valence-corrected chi connectivity index (χ2v) is 5.01. The predicted octanol–water partition coefficient (Wildman–Crippen LogP) is 0.949. The summed E-state index contributed by atoms with van der Waals surface area (Å²) >= 11 is 2.07. The van der Waals surface area contributed by atoms with Crippen LogP contribution >= 0.6 is 11.8 Å². The van der Waals surface area contributed by atoms with Crippen molar-refractivity contribution in [3.05, 3.63) is 0 Å². The molecule has 2 aliphatic rings. The van der Waals surface area contributed by atoms with Crippen molar-refractivity contribution in [1.29, 1.82) is 0 Å². The summed E-state index contributed by atoms with van der Waals surface area (Å²) in [6, 6.07) is 0.781. The van der Waals surface area contributed by atoms with E-state index in [2.05, 4.69) is 16.7 Å². The van der Waals surface area contributed by atoms with Crippen molar-refractivity contribution < 1.29 is 5.11 Å². The van der Waals surface area contributed by atoms with Crippen molar-refractivity contribution in [3.8, 4) is 0 Å². The van der Waals surface area contributed by atoms with E-state index in [9.17, 15) is 5.11 Å². The fraction of sp³-hybridized carbons (Fsp3) is 1.00. The molecule has 1 N–H and O–H groups in total. The molecular formula is C9H17NOS. The molecule has 0 amide bonds. The minimum Gasteiger partial charge on any atom is -0.392 e. The summed E-state index contributed by atoms with van der Waals surface area (Å²) in [6.07, 6.45) is 3.61. The molecule has 0 radical (unpaired) electrons. The molecular weight excluding hydrogens is 170 g/mol. The molecule has 2 fully saturated rings. The zero-order valence-electron chi connectivity index (χ0n) is 7.41. The van der Waals surface area contributed by atoms with Gasteiger partial charge in [-0.15, -0.1) is 0 Å². The highest BCUT2D eigenvalue weighted by Gasteiger charge is 2.27. The van der Waals surface area contributed by atoms with Gasteiger partial charge in [-0.1, -0.05) is 0 Å². The Kier molecular flexibility index (Phi) is 2.94. The molecule has 1 unspecified atom stereocenters. The molecule has 12 heavy (non-hydrogen) atoms. The van der Waals surface area contributed by atoms with Crippen LogP contribution in [0.2, 0.25) is 0 Å². The first-order chi connectivity index (χ1) is 5.86. The Morgan fingerprint density at radius 3 is 2.50 bits per heavy atom. The Morgan fingerprint density at radius 1 is 1.17 bits per heavy atom. The first-order valence-electron chi connectivity index (χ1n) is 4.86. The van der Waals surface area contributed by atoms with Gasteiger partial charge in [0.2, 0.25) is 0 Å². The molecule has 0 saturated carbocycles. The zero-order chi connectivity index (χ0) is 8.39. The SMILES string of the molecule is OC1CCN(C2CCSCC2)C1. The highest BCUT2D eigenvalue weighted by Crippen LogP contribution is 2.24. The molecule has 0 aliphatic carbocycles. The number of rotatable bonds is 1.